The molecular formula is C28H20F5N5O3. The minimum Gasteiger partial charge on any atom is -0.392 e. The second-order valence-electron chi connectivity index (χ2n) is 10.1. The number of hydrogen-bond acceptors (Lipinski definition) is 4. The van der Waals surface area contributed by atoms with Crippen LogP contribution in [0.4, 0.5) is 27.6 Å². The van der Waals surface area contributed by atoms with Crippen LogP contribution in [0.3, 0.4) is 0 Å². The van der Waals surface area contributed by atoms with Crippen molar-refractivity contribution in [3.8, 4) is 16.9 Å². The number of likely N-dealkylation sites (tertiary alicyclic amines) is 1. The van der Waals surface area contributed by atoms with Gasteiger partial charge in [0.15, 0.2) is 0 Å². The van der Waals surface area contributed by atoms with Crippen LogP contribution in [0.2, 0.25) is 0 Å². The summed E-state index contributed by atoms with van der Waals surface area (Å²) in [6.45, 7) is 6.27. The topological polar surface area (TPSA) is 95.6 Å². The lowest BCUT2D eigenvalue weighted by molar-refractivity contribution is -0.136. The van der Waals surface area contributed by atoms with Gasteiger partial charge >= 0.3 is 6.18 Å². The maximum atomic E-state index is 14.2. The molecule has 2 N–H and O–H groups in total. The second kappa shape index (κ2) is 9.52. The van der Waals surface area contributed by atoms with Crippen molar-refractivity contribution in [1.82, 2.24) is 19.4 Å². The van der Waals surface area contributed by atoms with Gasteiger partial charge < -0.3 is 15.0 Å². The lowest BCUT2D eigenvalue weighted by Gasteiger charge is -2.34. The predicted octanol–water partition coefficient (Wildman–Crippen LogP) is 5.25. The number of aliphatic hydroxyl groups excluding tert-OH is 1. The average molecular weight is 569 g/mol. The number of halogens is 5. The summed E-state index contributed by atoms with van der Waals surface area (Å²) < 4.78 is 71.1. The number of aliphatic hydroxyl groups is 1. The Morgan fingerprint density at radius 3 is 2.54 bits per heavy atom. The van der Waals surface area contributed by atoms with Crippen LogP contribution in [0.1, 0.15) is 46.1 Å². The summed E-state index contributed by atoms with van der Waals surface area (Å²) in [7, 11) is 0. The molecule has 1 aliphatic heterocycles. The quantitative estimate of drug-likeness (QED) is 0.254. The smallest absolute Gasteiger partial charge is 0.392 e. The molecule has 8 nitrogen and oxygen atoms in total. The molecule has 6 rings (SSSR count). The normalized spacial score (nSPS) is 15.7. The minimum atomic E-state index is -4.97. The molecule has 13 heteroatoms. The van der Waals surface area contributed by atoms with Gasteiger partial charge in [-0.15, -0.1) is 0 Å². The largest absolute Gasteiger partial charge is 0.417 e. The van der Waals surface area contributed by atoms with Crippen LogP contribution in [0.25, 0.3) is 32.7 Å². The van der Waals surface area contributed by atoms with E-state index in [1.165, 1.54) is 17.0 Å². The Balaban J connectivity index is 1.59. The Hall–Kier alpha value is -4.57. The number of benzene rings is 1. The molecule has 41 heavy (non-hydrogen) atoms. The number of aromatic amines is 1. The third-order valence-corrected chi connectivity index (χ3v) is 7.31. The lowest BCUT2D eigenvalue weighted by atomic mass is 9.96. The first-order valence-corrected chi connectivity index (χ1v) is 12.6. The van der Waals surface area contributed by atoms with Crippen LogP contribution in [0, 0.1) is 12.4 Å². The summed E-state index contributed by atoms with van der Waals surface area (Å²) in [5.74, 6) is -1.52. The molecule has 1 saturated carbocycles. The van der Waals surface area contributed by atoms with E-state index >= 15 is 0 Å². The molecule has 1 saturated heterocycles. The van der Waals surface area contributed by atoms with E-state index in [2.05, 4.69) is 14.8 Å². The van der Waals surface area contributed by atoms with E-state index in [-0.39, 0.29) is 41.6 Å². The van der Waals surface area contributed by atoms with Gasteiger partial charge in [0, 0.05) is 28.9 Å². The molecule has 0 radical (unpaired) electrons. The molecule has 210 valence electrons. The van der Waals surface area contributed by atoms with Gasteiger partial charge in [0.25, 0.3) is 11.5 Å². The van der Waals surface area contributed by atoms with Crippen molar-refractivity contribution in [2.45, 2.75) is 37.7 Å². The fourth-order valence-corrected chi connectivity index (χ4v) is 5.07. The SMILES string of the molecule is [C-]#[N+]c1c(CO)[nH]c2c(=O)n(-c3cc(-c4ccc(F)cc4C(=O)N4CC(F)C4)cc(C4CC4)n3)cc(C(F)(F)F)c12. The number of fused-ring (bicyclic) bond motifs is 1. The number of carbonyl (C=O) groups is 1. The Kier molecular flexibility index (Phi) is 6.18. The molecular weight excluding hydrogens is 549 g/mol. The van der Waals surface area contributed by atoms with Crippen LogP contribution in [0.15, 0.2) is 41.3 Å². The van der Waals surface area contributed by atoms with Crippen molar-refractivity contribution in [2.75, 3.05) is 13.1 Å². The van der Waals surface area contributed by atoms with Crippen LogP contribution >= 0.6 is 0 Å². The standard InChI is InChI=1S/C28H20F5N5O3/c1-34-24-21(12-39)36-25-23(24)19(28(31,32)33)11-38(27(25)41)22-7-14(6-20(35-22)13-2-3-13)17-5-4-15(29)8-18(17)26(40)37-9-16(30)10-37/h4-8,11,13,16,36,39H,2-3,9-10,12H2. The van der Waals surface area contributed by atoms with Gasteiger partial charge in [0.1, 0.15) is 23.3 Å². The van der Waals surface area contributed by atoms with Crippen molar-refractivity contribution in [3.05, 3.63) is 86.6 Å². The van der Waals surface area contributed by atoms with Gasteiger partial charge in [-0.25, -0.2) is 18.6 Å². The number of hydrogen-bond donors (Lipinski definition) is 2. The number of alkyl halides is 4. The van der Waals surface area contributed by atoms with Crippen molar-refractivity contribution in [2.24, 2.45) is 0 Å². The molecule has 1 aliphatic carbocycles. The molecule has 2 fully saturated rings. The molecule has 4 aromatic rings. The van der Waals surface area contributed by atoms with E-state index in [0.29, 0.717) is 22.0 Å². The lowest BCUT2D eigenvalue weighted by Crippen LogP contribution is -2.51. The third kappa shape index (κ3) is 4.54. The Bertz CT molecular complexity index is 1830. The van der Waals surface area contributed by atoms with Gasteiger partial charge in [0.2, 0.25) is 5.69 Å². The highest BCUT2D eigenvalue weighted by molar-refractivity contribution is 6.01. The highest BCUT2D eigenvalue weighted by Gasteiger charge is 2.37. The number of nitrogens with zero attached hydrogens (tertiary/aromatic N) is 4. The molecule has 0 unspecified atom stereocenters. The number of aromatic nitrogens is 3. The first-order valence-electron chi connectivity index (χ1n) is 12.6. The summed E-state index contributed by atoms with van der Waals surface area (Å²) in [4.78, 5) is 37.9. The second-order valence-corrected chi connectivity index (χ2v) is 10.1. The molecule has 4 heterocycles. The number of nitrogens with one attached hydrogen (secondary N) is 1. The van der Waals surface area contributed by atoms with Crippen molar-refractivity contribution >= 4 is 22.5 Å². The van der Waals surface area contributed by atoms with Crippen molar-refractivity contribution in [1.29, 1.82) is 0 Å². The molecule has 2 aliphatic rings. The molecule has 0 spiro atoms. The first kappa shape index (κ1) is 26.6. The van der Waals surface area contributed by atoms with Gasteiger partial charge in [-0.05, 0) is 48.2 Å². The Labute approximate surface area is 228 Å². The van der Waals surface area contributed by atoms with E-state index in [1.54, 1.807) is 6.07 Å². The number of H-pyrrole nitrogens is 1. The van der Waals surface area contributed by atoms with E-state index in [1.807, 2.05) is 0 Å². The zero-order valence-corrected chi connectivity index (χ0v) is 21.1. The molecule has 1 amide bonds. The summed E-state index contributed by atoms with van der Waals surface area (Å²) in [6, 6.07) is 6.45. The molecule has 0 bridgehead atoms. The predicted molar refractivity (Wildman–Crippen MR) is 137 cm³/mol. The van der Waals surface area contributed by atoms with Gasteiger partial charge in [-0.2, -0.15) is 13.2 Å². The van der Waals surface area contributed by atoms with E-state index in [0.717, 1.165) is 25.0 Å². The number of carbonyl (C=O) groups excluding carboxylic acids is 1. The van der Waals surface area contributed by atoms with Crippen LogP contribution in [-0.2, 0) is 12.8 Å². The first-order chi connectivity index (χ1) is 19.5. The maximum Gasteiger partial charge on any atom is 0.417 e. The van der Waals surface area contributed by atoms with Crippen LogP contribution in [0.5, 0.6) is 0 Å². The number of amides is 1. The summed E-state index contributed by atoms with van der Waals surface area (Å²) in [5, 5.41) is 8.95. The average Bonchev–Trinajstić information content (AvgIpc) is 3.70. The van der Waals surface area contributed by atoms with Gasteiger partial charge in [-0.1, -0.05) is 6.07 Å². The Morgan fingerprint density at radius 2 is 1.93 bits per heavy atom. The zero-order valence-electron chi connectivity index (χ0n) is 21.1. The van der Waals surface area contributed by atoms with Crippen molar-refractivity contribution in [3.63, 3.8) is 0 Å². The molecule has 3 aromatic heterocycles. The zero-order chi connectivity index (χ0) is 29.2. The van der Waals surface area contributed by atoms with Crippen LogP contribution < -0.4 is 5.56 Å². The molecule has 1 aromatic carbocycles. The van der Waals surface area contributed by atoms with Crippen molar-refractivity contribution < 1.29 is 31.9 Å². The highest BCUT2D eigenvalue weighted by Crippen LogP contribution is 2.43. The minimum absolute atomic E-state index is 0.0299. The summed E-state index contributed by atoms with van der Waals surface area (Å²) in [5.41, 5.74) is -2.51. The summed E-state index contributed by atoms with van der Waals surface area (Å²) in [6.07, 6.45) is -4.08. The van der Waals surface area contributed by atoms with E-state index in [4.69, 9.17) is 6.57 Å². The van der Waals surface area contributed by atoms with Crippen LogP contribution in [-0.4, -0.2) is 49.7 Å². The maximum absolute atomic E-state index is 14.2. The highest BCUT2D eigenvalue weighted by atomic mass is 19.4. The monoisotopic (exact) mass is 569 g/mol. The van der Waals surface area contributed by atoms with E-state index in [9.17, 15) is 36.6 Å². The van der Waals surface area contributed by atoms with Gasteiger partial charge in [0.05, 0.1) is 37.4 Å². The number of rotatable bonds is 5. The number of pyridine rings is 2. The fourth-order valence-electron chi connectivity index (χ4n) is 5.07. The third-order valence-electron chi connectivity index (χ3n) is 7.31. The summed E-state index contributed by atoms with van der Waals surface area (Å²) >= 11 is 0. The Morgan fingerprint density at radius 1 is 1.20 bits per heavy atom. The van der Waals surface area contributed by atoms with Gasteiger partial charge in [-0.3, -0.25) is 14.2 Å². The van der Waals surface area contributed by atoms with E-state index < -0.39 is 58.4 Å². The molecule has 0 atom stereocenters. The fraction of sp³-hybridized carbons (Fsp3) is 0.286.